The molecule has 19 heavy (non-hydrogen) atoms. The molecule has 0 spiro atoms. The van der Waals surface area contributed by atoms with Crippen molar-refractivity contribution in [3.63, 3.8) is 0 Å². The predicted molar refractivity (Wildman–Crippen MR) is 79.3 cm³/mol. The number of rotatable bonds is 5. The van der Waals surface area contributed by atoms with E-state index in [4.69, 9.17) is 5.11 Å². The van der Waals surface area contributed by atoms with E-state index in [2.05, 4.69) is 31.0 Å². The van der Waals surface area contributed by atoms with E-state index in [0.717, 1.165) is 12.8 Å². The molecule has 3 nitrogen and oxygen atoms in total. The molecule has 1 aromatic rings. The molecule has 4 heteroatoms. The summed E-state index contributed by atoms with van der Waals surface area (Å²) in [7, 11) is 0. The van der Waals surface area contributed by atoms with Crippen LogP contribution in [0.3, 0.4) is 0 Å². The Hall–Kier alpha value is -1.31. The van der Waals surface area contributed by atoms with Gasteiger partial charge in [0.25, 0.3) is 5.91 Å². The SMILES string of the molecule is CCC(C)CC(C)NC(=O)c1sccc1C#CCO. The second-order valence-corrected chi connectivity index (χ2v) is 5.66. The second kappa shape index (κ2) is 7.98. The van der Waals surface area contributed by atoms with E-state index in [1.807, 2.05) is 18.4 Å². The monoisotopic (exact) mass is 279 g/mol. The Bertz CT molecular complexity index is 470. The van der Waals surface area contributed by atoms with Crippen molar-refractivity contribution in [2.24, 2.45) is 5.92 Å². The molecular weight excluding hydrogens is 258 g/mol. The molecule has 1 aromatic heterocycles. The molecule has 1 heterocycles. The van der Waals surface area contributed by atoms with Gasteiger partial charge in [-0.05, 0) is 30.7 Å². The lowest BCUT2D eigenvalue weighted by Crippen LogP contribution is -2.33. The van der Waals surface area contributed by atoms with Crippen LogP contribution in [0.25, 0.3) is 0 Å². The van der Waals surface area contributed by atoms with Crippen LogP contribution in [0, 0.1) is 17.8 Å². The smallest absolute Gasteiger partial charge is 0.262 e. The first-order valence-electron chi connectivity index (χ1n) is 6.56. The van der Waals surface area contributed by atoms with Crippen LogP contribution >= 0.6 is 11.3 Å². The molecule has 0 radical (unpaired) electrons. The van der Waals surface area contributed by atoms with E-state index < -0.39 is 0 Å². The molecule has 0 aromatic carbocycles. The molecule has 0 aliphatic heterocycles. The van der Waals surface area contributed by atoms with Crippen molar-refractivity contribution < 1.29 is 9.90 Å². The van der Waals surface area contributed by atoms with Crippen molar-refractivity contribution >= 4 is 17.2 Å². The van der Waals surface area contributed by atoms with Crippen LogP contribution in [-0.4, -0.2) is 23.7 Å². The zero-order valence-corrected chi connectivity index (χ0v) is 12.5. The maximum Gasteiger partial charge on any atom is 0.262 e. The summed E-state index contributed by atoms with van der Waals surface area (Å²) in [5, 5.41) is 13.5. The zero-order valence-electron chi connectivity index (χ0n) is 11.7. The maximum absolute atomic E-state index is 12.1. The molecular formula is C15H21NO2S. The third-order valence-electron chi connectivity index (χ3n) is 3.00. The molecule has 2 atom stereocenters. The predicted octanol–water partition coefficient (Wildman–Crippen LogP) is 2.65. The Morgan fingerprint density at radius 1 is 1.53 bits per heavy atom. The fourth-order valence-electron chi connectivity index (χ4n) is 1.84. The fraction of sp³-hybridized carbons (Fsp3) is 0.533. The zero-order chi connectivity index (χ0) is 14.3. The lowest BCUT2D eigenvalue weighted by atomic mass is 10.0. The van der Waals surface area contributed by atoms with Crippen molar-refractivity contribution in [2.45, 2.75) is 39.7 Å². The summed E-state index contributed by atoms with van der Waals surface area (Å²) in [6, 6.07) is 1.96. The van der Waals surface area contributed by atoms with Crippen LogP contribution in [0.4, 0.5) is 0 Å². The van der Waals surface area contributed by atoms with Gasteiger partial charge in [-0.2, -0.15) is 0 Å². The quantitative estimate of drug-likeness (QED) is 0.814. The van der Waals surface area contributed by atoms with Crippen LogP contribution in [0.1, 0.15) is 48.8 Å². The second-order valence-electron chi connectivity index (χ2n) is 4.75. The van der Waals surface area contributed by atoms with Gasteiger partial charge in [0.2, 0.25) is 0 Å². The van der Waals surface area contributed by atoms with E-state index in [1.165, 1.54) is 11.3 Å². The largest absolute Gasteiger partial charge is 0.384 e. The summed E-state index contributed by atoms with van der Waals surface area (Å²) in [4.78, 5) is 12.8. The highest BCUT2D eigenvalue weighted by molar-refractivity contribution is 7.12. The number of aliphatic hydroxyl groups is 1. The summed E-state index contributed by atoms with van der Waals surface area (Å²) in [5.74, 6) is 5.90. The minimum Gasteiger partial charge on any atom is -0.384 e. The van der Waals surface area contributed by atoms with Gasteiger partial charge in [-0.25, -0.2) is 0 Å². The fourth-order valence-corrected chi connectivity index (χ4v) is 2.59. The molecule has 1 amide bonds. The number of hydrogen-bond acceptors (Lipinski definition) is 3. The average Bonchev–Trinajstić information content (AvgIpc) is 2.84. The molecule has 0 saturated carbocycles. The summed E-state index contributed by atoms with van der Waals surface area (Å²) in [6.07, 6.45) is 2.09. The van der Waals surface area contributed by atoms with Crippen molar-refractivity contribution in [1.29, 1.82) is 0 Å². The van der Waals surface area contributed by atoms with Gasteiger partial charge in [-0.3, -0.25) is 4.79 Å². The topological polar surface area (TPSA) is 49.3 Å². The first-order chi connectivity index (χ1) is 9.08. The molecule has 0 saturated heterocycles. The normalized spacial score (nSPS) is 13.3. The maximum atomic E-state index is 12.1. The molecule has 1 rings (SSSR count). The number of hydrogen-bond donors (Lipinski definition) is 2. The number of thiophene rings is 1. The van der Waals surface area contributed by atoms with Gasteiger partial charge in [-0.15, -0.1) is 11.3 Å². The molecule has 104 valence electrons. The Balaban J connectivity index is 2.65. The average molecular weight is 279 g/mol. The first-order valence-corrected chi connectivity index (χ1v) is 7.44. The van der Waals surface area contributed by atoms with Gasteiger partial charge >= 0.3 is 0 Å². The van der Waals surface area contributed by atoms with Crippen molar-refractivity contribution in [3.05, 3.63) is 21.9 Å². The Morgan fingerprint density at radius 2 is 2.26 bits per heavy atom. The number of carbonyl (C=O) groups excluding carboxylic acids is 1. The van der Waals surface area contributed by atoms with Crippen LogP contribution in [0.2, 0.25) is 0 Å². The minimum absolute atomic E-state index is 0.0759. The van der Waals surface area contributed by atoms with E-state index in [0.29, 0.717) is 16.4 Å². The summed E-state index contributed by atoms with van der Waals surface area (Å²) < 4.78 is 0. The van der Waals surface area contributed by atoms with Crippen LogP contribution in [0.5, 0.6) is 0 Å². The van der Waals surface area contributed by atoms with Crippen LogP contribution < -0.4 is 5.32 Å². The van der Waals surface area contributed by atoms with E-state index in [-0.39, 0.29) is 18.6 Å². The Morgan fingerprint density at radius 3 is 2.89 bits per heavy atom. The standard InChI is InChI=1S/C15H21NO2S/c1-4-11(2)10-12(3)16-15(18)14-13(6-5-8-17)7-9-19-14/h7,9,11-12,17H,4,8,10H2,1-3H3,(H,16,18). The highest BCUT2D eigenvalue weighted by atomic mass is 32.1. The molecule has 0 aliphatic carbocycles. The van der Waals surface area contributed by atoms with Gasteiger partial charge in [0.15, 0.2) is 0 Å². The summed E-state index contributed by atoms with van der Waals surface area (Å²) >= 11 is 1.38. The molecule has 2 N–H and O–H groups in total. The van der Waals surface area contributed by atoms with Crippen molar-refractivity contribution in [2.75, 3.05) is 6.61 Å². The summed E-state index contributed by atoms with van der Waals surface area (Å²) in [5.41, 5.74) is 0.687. The lowest BCUT2D eigenvalue weighted by molar-refractivity contribution is 0.0939. The third-order valence-corrected chi connectivity index (χ3v) is 3.92. The number of aliphatic hydroxyl groups excluding tert-OH is 1. The lowest BCUT2D eigenvalue weighted by Gasteiger charge is -2.17. The van der Waals surface area contributed by atoms with Gasteiger partial charge < -0.3 is 10.4 Å². The van der Waals surface area contributed by atoms with Crippen LogP contribution in [-0.2, 0) is 0 Å². The van der Waals surface area contributed by atoms with E-state index in [9.17, 15) is 4.79 Å². The van der Waals surface area contributed by atoms with E-state index >= 15 is 0 Å². The molecule has 0 aliphatic rings. The summed E-state index contributed by atoms with van der Waals surface area (Å²) in [6.45, 7) is 6.17. The van der Waals surface area contributed by atoms with Gasteiger partial charge in [-0.1, -0.05) is 32.1 Å². The molecule has 0 fully saturated rings. The number of nitrogens with one attached hydrogen (secondary N) is 1. The first kappa shape index (κ1) is 15.7. The minimum atomic E-state index is -0.193. The highest BCUT2D eigenvalue weighted by Crippen LogP contribution is 2.17. The van der Waals surface area contributed by atoms with Crippen LogP contribution in [0.15, 0.2) is 11.4 Å². The van der Waals surface area contributed by atoms with Gasteiger partial charge in [0.1, 0.15) is 11.5 Å². The van der Waals surface area contributed by atoms with Crippen molar-refractivity contribution in [3.8, 4) is 11.8 Å². The molecule has 0 bridgehead atoms. The Labute approximate surface area is 119 Å². The number of amides is 1. The number of carbonyl (C=O) groups is 1. The van der Waals surface area contributed by atoms with Gasteiger partial charge in [0.05, 0.1) is 0 Å². The molecule has 2 unspecified atom stereocenters. The van der Waals surface area contributed by atoms with E-state index in [1.54, 1.807) is 0 Å². The van der Waals surface area contributed by atoms with Crippen molar-refractivity contribution in [1.82, 2.24) is 5.32 Å². The van der Waals surface area contributed by atoms with Gasteiger partial charge in [0, 0.05) is 11.6 Å². The third kappa shape index (κ3) is 5.06. The Kier molecular flexibility index (Phi) is 6.61. The highest BCUT2D eigenvalue weighted by Gasteiger charge is 2.15.